The molecule has 0 saturated heterocycles. The second-order valence-corrected chi connectivity index (χ2v) is 11.9. The third kappa shape index (κ3) is 104. The van der Waals surface area contributed by atoms with Gasteiger partial charge in [-0.2, -0.15) is 0 Å². The lowest BCUT2D eigenvalue weighted by molar-refractivity contribution is -0.140. The van der Waals surface area contributed by atoms with Crippen LogP contribution in [0.5, 0.6) is 0 Å². The third-order valence-corrected chi connectivity index (χ3v) is 4.57. The van der Waals surface area contributed by atoms with Gasteiger partial charge in [-0.1, -0.05) is 41.5 Å². The first-order valence-corrected chi connectivity index (χ1v) is 16.6. The normalized spacial score (nSPS) is 11.6. The minimum atomic E-state index is -0.968. The van der Waals surface area contributed by atoms with Crippen LogP contribution in [0.2, 0.25) is 0 Å². The van der Waals surface area contributed by atoms with Gasteiger partial charge in [0.2, 0.25) is 0 Å². The van der Waals surface area contributed by atoms with Crippen LogP contribution in [0.15, 0.2) is 0 Å². The molecule has 0 aromatic rings. The lowest BCUT2D eigenvalue weighted by Crippen LogP contribution is -2.34. The highest BCUT2D eigenvalue weighted by molar-refractivity contribution is 5.74. The molecule has 0 aliphatic heterocycles. The molecule has 348 valence electrons. The van der Waals surface area contributed by atoms with Crippen LogP contribution in [0.25, 0.3) is 0 Å². The van der Waals surface area contributed by atoms with Crippen LogP contribution in [-0.2, 0) is 43.2 Å². The molecule has 0 aromatic carbocycles. The van der Waals surface area contributed by atoms with Crippen molar-refractivity contribution in [3.63, 3.8) is 0 Å². The fourth-order valence-corrected chi connectivity index (χ4v) is 1.50. The molecule has 0 amide bonds. The summed E-state index contributed by atoms with van der Waals surface area (Å²) < 4.78 is 0. The fraction of sp³-hybridized carbons (Fsp3) is 0.710. The van der Waals surface area contributed by atoms with E-state index in [-0.39, 0.29) is 32.1 Å². The highest BCUT2D eigenvalue weighted by Gasteiger charge is 2.14. The molecule has 58 heavy (non-hydrogen) atoms. The van der Waals surface area contributed by atoms with Crippen molar-refractivity contribution in [2.24, 2.45) is 69.4 Å². The monoisotopic (exact) mass is 857 g/mol. The van der Waals surface area contributed by atoms with Crippen LogP contribution in [0.4, 0.5) is 0 Å². The van der Waals surface area contributed by atoms with Crippen molar-refractivity contribution in [2.45, 2.75) is 98.4 Å². The largest absolute Gasteiger partial charge is 0.480 e. The van der Waals surface area contributed by atoms with E-state index in [0.29, 0.717) is 24.7 Å². The molecule has 27 nitrogen and oxygen atoms in total. The maximum Gasteiger partial charge on any atom is 0.320 e. The average molecular weight is 858 g/mol. The number of nitrogens with two attached hydrogens (primary N) is 9. The SMILES string of the molecule is CC(C)C[C@H](N)C(=O)O.CC(C)C[C@H](N)C(=O)O.CC(C)[C@H](N)C(=O)O.C[C@H](N)C(=O)O.C[C@H](N)C(=O)O.NCC(=O)O.NCC(=O)O.NCC(=O)O.NCC(=O)O. The van der Waals surface area contributed by atoms with Gasteiger partial charge in [-0.15, -0.1) is 0 Å². The number of carboxylic acids is 9. The molecule has 0 unspecified atom stereocenters. The molecule has 0 aromatic heterocycles. The highest BCUT2D eigenvalue weighted by Crippen LogP contribution is 2.02. The van der Waals surface area contributed by atoms with Gasteiger partial charge in [-0.25, -0.2) is 0 Å². The Balaban J connectivity index is -0.0000000673. The lowest BCUT2D eigenvalue weighted by Gasteiger charge is -2.07. The van der Waals surface area contributed by atoms with Gasteiger partial charge in [0, 0.05) is 0 Å². The first-order valence-electron chi connectivity index (χ1n) is 16.6. The Bertz CT molecular complexity index is 1010. The zero-order valence-corrected chi connectivity index (χ0v) is 34.3. The molecular formula is C31H71N9O18. The van der Waals surface area contributed by atoms with Crippen LogP contribution in [0.1, 0.15) is 68.2 Å². The van der Waals surface area contributed by atoms with Crippen molar-refractivity contribution < 1.29 is 89.1 Å². The molecule has 0 spiro atoms. The van der Waals surface area contributed by atoms with Crippen molar-refractivity contribution >= 4 is 53.7 Å². The first kappa shape index (κ1) is 73.9. The standard InChI is InChI=1S/2C6H13NO2.C5H11NO2.2C3H7NO2.4C2H5NO2/c2*1-4(2)3-5(7)6(8)9;1-3(2)4(6)5(7)8;2*1-2(4)3(5)6;4*3-1-2(4)5/h2*4-5H,3,7H2,1-2H3,(H,8,9);3-4H,6H2,1-2H3,(H,7,8);2*2H,4H2,1H3,(H,5,6);4*1,3H2,(H,4,5)/t2*5-;4-;2*2-;;;;/m00000..../s1. The Kier molecular flexibility index (Phi) is 63.6. The summed E-state index contributed by atoms with van der Waals surface area (Å²) in [6.45, 7) is 13.1. The minimum Gasteiger partial charge on any atom is -0.480 e. The summed E-state index contributed by atoms with van der Waals surface area (Å²) in [6.07, 6.45) is 1.10. The van der Waals surface area contributed by atoms with Gasteiger partial charge in [0.25, 0.3) is 0 Å². The Morgan fingerprint density at radius 2 is 0.517 bits per heavy atom. The number of aliphatic carboxylic acids is 9. The van der Waals surface area contributed by atoms with Crippen molar-refractivity contribution in [3.8, 4) is 0 Å². The van der Waals surface area contributed by atoms with Gasteiger partial charge in [0.15, 0.2) is 0 Å². The van der Waals surface area contributed by atoms with E-state index in [1.807, 2.05) is 27.7 Å². The maximum atomic E-state index is 10.1. The van der Waals surface area contributed by atoms with E-state index in [0.717, 1.165) is 0 Å². The molecule has 0 bridgehead atoms. The Hall–Kier alpha value is -5.13. The van der Waals surface area contributed by atoms with E-state index in [4.69, 9.17) is 74.6 Å². The van der Waals surface area contributed by atoms with Gasteiger partial charge in [-0.05, 0) is 44.4 Å². The van der Waals surface area contributed by atoms with Gasteiger partial charge in [-0.3, -0.25) is 43.2 Å². The summed E-state index contributed by atoms with van der Waals surface area (Å²) in [5.74, 6) is -7.82. The summed E-state index contributed by atoms with van der Waals surface area (Å²) in [4.78, 5) is 86.4. The maximum absolute atomic E-state index is 10.1. The summed E-state index contributed by atoms with van der Waals surface area (Å²) in [5, 5.41) is 71.0. The van der Waals surface area contributed by atoms with E-state index >= 15 is 0 Å². The molecule has 5 atom stereocenters. The molecule has 0 rings (SSSR count). The van der Waals surface area contributed by atoms with Crippen LogP contribution in [0.3, 0.4) is 0 Å². The molecule has 0 radical (unpaired) electrons. The zero-order valence-electron chi connectivity index (χ0n) is 34.3. The third-order valence-electron chi connectivity index (χ3n) is 4.57. The van der Waals surface area contributed by atoms with Crippen molar-refractivity contribution in [1.29, 1.82) is 0 Å². The molecule has 0 aliphatic carbocycles. The van der Waals surface area contributed by atoms with E-state index in [2.05, 4.69) is 22.9 Å². The Morgan fingerprint density at radius 1 is 0.362 bits per heavy atom. The number of rotatable bonds is 14. The summed E-state index contributed by atoms with van der Waals surface area (Å²) >= 11 is 0. The minimum absolute atomic E-state index is 0.0208. The fourth-order valence-electron chi connectivity index (χ4n) is 1.50. The summed E-state index contributed by atoms with van der Waals surface area (Å²) in [6, 6.07) is -3.56. The van der Waals surface area contributed by atoms with Gasteiger partial charge in [0.05, 0.1) is 26.2 Å². The highest BCUT2D eigenvalue weighted by atomic mass is 16.4. The smallest absolute Gasteiger partial charge is 0.320 e. The van der Waals surface area contributed by atoms with Gasteiger partial charge < -0.3 is 97.6 Å². The molecule has 27 N–H and O–H groups in total. The number of carboxylic acid groups (broad SMARTS) is 9. The van der Waals surface area contributed by atoms with Crippen LogP contribution in [-0.4, -0.2) is 156 Å². The Labute approximate surface area is 336 Å². The van der Waals surface area contributed by atoms with Crippen molar-refractivity contribution in [3.05, 3.63) is 0 Å². The van der Waals surface area contributed by atoms with Gasteiger partial charge >= 0.3 is 53.7 Å². The lowest BCUT2D eigenvalue weighted by atomic mass is 10.1. The second kappa shape index (κ2) is 49.9. The predicted octanol–water partition coefficient (Wildman–Crippen LogP) is -4.10. The molecule has 27 heteroatoms. The zero-order chi connectivity index (χ0) is 49.1. The van der Waals surface area contributed by atoms with E-state index in [1.165, 1.54) is 13.8 Å². The van der Waals surface area contributed by atoms with Crippen molar-refractivity contribution in [1.82, 2.24) is 0 Å². The molecule has 0 aliphatic rings. The molecule has 0 heterocycles. The van der Waals surface area contributed by atoms with Gasteiger partial charge in [0.1, 0.15) is 30.2 Å². The first-order chi connectivity index (χ1) is 26.0. The molecular weight excluding hydrogens is 786 g/mol. The van der Waals surface area contributed by atoms with Crippen LogP contribution in [0, 0.1) is 17.8 Å². The van der Waals surface area contributed by atoms with Crippen LogP contribution >= 0.6 is 0 Å². The van der Waals surface area contributed by atoms with Crippen molar-refractivity contribution in [2.75, 3.05) is 26.2 Å². The average Bonchev–Trinajstić information content (AvgIpc) is 3.09. The number of hydrogen-bond donors (Lipinski definition) is 18. The van der Waals surface area contributed by atoms with E-state index in [1.54, 1.807) is 13.8 Å². The summed E-state index contributed by atoms with van der Waals surface area (Å²) in [5.41, 5.74) is 43.6. The Morgan fingerprint density at radius 3 is 0.534 bits per heavy atom. The predicted molar refractivity (Wildman–Crippen MR) is 210 cm³/mol. The number of hydrogen-bond acceptors (Lipinski definition) is 18. The van der Waals surface area contributed by atoms with E-state index < -0.39 is 83.9 Å². The van der Waals surface area contributed by atoms with Crippen LogP contribution < -0.4 is 51.6 Å². The van der Waals surface area contributed by atoms with E-state index in [9.17, 15) is 43.2 Å². The number of carbonyl (C=O) groups is 9. The molecule has 0 saturated carbocycles. The molecule has 0 fully saturated rings. The topological polar surface area (TPSA) is 570 Å². The second-order valence-electron chi connectivity index (χ2n) is 11.9. The summed E-state index contributed by atoms with van der Waals surface area (Å²) in [7, 11) is 0. The quantitative estimate of drug-likeness (QED) is 0.0789.